The van der Waals surface area contributed by atoms with E-state index in [1.54, 1.807) is 20.8 Å². The number of ketones is 2. The summed E-state index contributed by atoms with van der Waals surface area (Å²) in [6.07, 6.45) is 0. The van der Waals surface area contributed by atoms with E-state index in [0.717, 1.165) is 0 Å². The number of allylic oxidation sites excluding steroid dienone is 2. The Kier molecular flexibility index (Phi) is 2.78. The second kappa shape index (κ2) is 4.00. The van der Waals surface area contributed by atoms with E-state index < -0.39 is 51.1 Å². The topological polar surface area (TPSA) is 115 Å². The first-order valence-electron chi connectivity index (χ1n) is 5.88. The summed E-state index contributed by atoms with van der Waals surface area (Å²) in [5, 5.41) is 38.9. The normalized spacial score (nSPS) is 15.6. The highest BCUT2D eigenvalue weighted by atomic mass is 16.3. The van der Waals surface area contributed by atoms with Crippen LogP contribution in [0.1, 0.15) is 47.1 Å². The van der Waals surface area contributed by atoms with E-state index in [1.807, 2.05) is 0 Å². The van der Waals surface area contributed by atoms with Crippen LogP contribution in [-0.4, -0.2) is 32.0 Å². The second-order valence-electron chi connectivity index (χ2n) is 5.65. The Bertz CT molecular complexity index is 676. The van der Waals surface area contributed by atoms with E-state index in [9.17, 15) is 30.0 Å². The average molecular weight is 278 g/mol. The number of carbonyl (C=O) groups excluding carboxylic acids is 2. The zero-order valence-electron chi connectivity index (χ0n) is 11.2. The van der Waals surface area contributed by atoms with Gasteiger partial charge in [-0.3, -0.25) is 9.59 Å². The van der Waals surface area contributed by atoms with Gasteiger partial charge < -0.3 is 20.4 Å². The molecule has 6 heteroatoms. The number of aliphatic hydroxyl groups is 2. The lowest BCUT2D eigenvalue weighted by Crippen LogP contribution is -2.24. The highest BCUT2D eigenvalue weighted by molar-refractivity contribution is 6.27. The lowest BCUT2D eigenvalue weighted by molar-refractivity contribution is 0.0875. The molecule has 0 heterocycles. The van der Waals surface area contributed by atoms with Gasteiger partial charge >= 0.3 is 0 Å². The highest BCUT2D eigenvalue weighted by Gasteiger charge is 2.39. The Hall–Kier alpha value is -2.50. The predicted octanol–water partition coefficient (Wildman–Crippen LogP) is 2.10. The maximum atomic E-state index is 11.9. The maximum Gasteiger partial charge on any atom is 0.236 e. The van der Waals surface area contributed by atoms with Gasteiger partial charge in [0.05, 0.1) is 11.1 Å². The van der Waals surface area contributed by atoms with Crippen molar-refractivity contribution < 1.29 is 30.0 Å². The summed E-state index contributed by atoms with van der Waals surface area (Å²) in [4.78, 5) is 23.7. The summed E-state index contributed by atoms with van der Waals surface area (Å²) in [5.74, 6) is -5.49. The van der Waals surface area contributed by atoms with Crippen LogP contribution in [0.3, 0.4) is 0 Å². The van der Waals surface area contributed by atoms with E-state index in [4.69, 9.17) is 0 Å². The van der Waals surface area contributed by atoms with Gasteiger partial charge in [0.1, 0.15) is 11.5 Å². The third-order valence-corrected chi connectivity index (χ3v) is 3.20. The first-order valence-corrected chi connectivity index (χ1v) is 5.88. The van der Waals surface area contributed by atoms with Crippen molar-refractivity contribution >= 4 is 11.6 Å². The number of fused-ring (bicyclic) bond motifs is 1. The Balaban J connectivity index is 2.89. The molecule has 0 fully saturated rings. The van der Waals surface area contributed by atoms with Crippen LogP contribution in [0.2, 0.25) is 0 Å². The van der Waals surface area contributed by atoms with Crippen LogP contribution < -0.4 is 0 Å². The number of phenolic OH excluding ortho intramolecular Hbond substituents is 2. The molecule has 0 aliphatic heterocycles. The van der Waals surface area contributed by atoms with Crippen LogP contribution >= 0.6 is 0 Å². The third kappa shape index (κ3) is 1.72. The molecule has 0 saturated carbocycles. The van der Waals surface area contributed by atoms with Crippen molar-refractivity contribution in [2.45, 2.75) is 26.2 Å². The largest absolute Gasteiger partial charge is 0.507 e. The summed E-state index contributed by atoms with van der Waals surface area (Å²) in [7, 11) is 0. The summed E-state index contributed by atoms with van der Waals surface area (Å²) >= 11 is 0. The molecule has 0 radical (unpaired) electrons. The van der Waals surface area contributed by atoms with E-state index >= 15 is 0 Å². The van der Waals surface area contributed by atoms with Crippen LogP contribution in [0, 0.1) is 0 Å². The van der Waals surface area contributed by atoms with Crippen LogP contribution in [0.15, 0.2) is 17.6 Å². The SMILES string of the molecule is CC(C)(C)c1cc(O)c2c(c1O)C(=O)C(O)=C(O)C2=O. The second-order valence-corrected chi connectivity index (χ2v) is 5.65. The number of phenols is 2. The molecule has 4 N–H and O–H groups in total. The maximum absolute atomic E-state index is 11.9. The molecule has 0 saturated heterocycles. The Morgan fingerprint density at radius 1 is 0.850 bits per heavy atom. The van der Waals surface area contributed by atoms with Crippen molar-refractivity contribution in [2.24, 2.45) is 0 Å². The monoisotopic (exact) mass is 278 g/mol. The number of hydrogen-bond donors (Lipinski definition) is 4. The minimum absolute atomic E-state index is 0.254. The molecule has 106 valence electrons. The van der Waals surface area contributed by atoms with Gasteiger partial charge in [0.15, 0.2) is 0 Å². The molecule has 1 aromatic rings. The van der Waals surface area contributed by atoms with Crippen LogP contribution in [-0.2, 0) is 5.41 Å². The zero-order chi connectivity index (χ0) is 15.4. The molecule has 1 aliphatic carbocycles. The Labute approximate surface area is 114 Å². The lowest BCUT2D eigenvalue weighted by atomic mass is 9.80. The molecule has 0 amide bonds. The smallest absolute Gasteiger partial charge is 0.236 e. The van der Waals surface area contributed by atoms with Crippen molar-refractivity contribution in [1.82, 2.24) is 0 Å². The van der Waals surface area contributed by atoms with Crippen LogP contribution in [0.25, 0.3) is 0 Å². The number of hydrogen-bond acceptors (Lipinski definition) is 6. The van der Waals surface area contributed by atoms with Crippen LogP contribution in [0.4, 0.5) is 0 Å². The standard InChI is InChI=1S/C14H14O6/c1-14(2,3)5-4-6(15)7-8(9(5)16)11(18)13(20)12(19)10(7)17/h4,15-16,19-20H,1-3H3. The van der Waals surface area contributed by atoms with Crippen molar-refractivity contribution in [2.75, 3.05) is 0 Å². The number of rotatable bonds is 0. The van der Waals surface area contributed by atoms with Gasteiger partial charge in [-0.05, 0) is 11.5 Å². The van der Waals surface area contributed by atoms with Gasteiger partial charge in [-0.2, -0.15) is 0 Å². The Morgan fingerprint density at radius 2 is 1.30 bits per heavy atom. The van der Waals surface area contributed by atoms with E-state index in [1.165, 1.54) is 6.07 Å². The molecule has 6 nitrogen and oxygen atoms in total. The van der Waals surface area contributed by atoms with E-state index in [-0.39, 0.29) is 5.56 Å². The third-order valence-electron chi connectivity index (χ3n) is 3.20. The molecular formula is C14H14O6. The number of carbonyl (C=O) groups is 2. The first kappa shape index (κ1) is 13.9. The number of aliphatic hydroxyl groups excluding tert-OH is 2. The summed E-state index contributed by atoms with van der Waals surface area (Å²) in [6.45, 7) is 5.24. The number of aromatic hydroxyl groups is 2. The van der Waals surface area contributed by atoms with Crippen molar-refractivity contribution in [1.29, 1.82) is 0 Å². The lowest BCUT2D eigenvalue weighted by Gasteiger charge is -2.25. The summed E-state index contributed by atoms with van der Waals surface area (Å²) in [6, 6.07) is 1.18. The van der Waals surface area contributed by atoms with Gasteiger partial charge in [0.2, 0.25) is 23.1 Å². The minimum Gasteiger partial charge on any atom is -0.507 e. The minimum atomic E-state index is -1.14. The molecule has 20 heavy (non-hydrogen) atoms. The molecule has 0 atom stereocenters. The molecular weight excluding hydrogens is 264 g/mol. The fourth-order valence-corrected chi connectivity index (χ4v) is 2.13. The molecule has 0 aromatic heterocycles. The predicted molar refractivity (Wildman–Crippen MR) is 69.4 cm³/mol. The van der Waals surface area contributed by atoms with Gasteiger partial charge in [-0.25, -0.2) is 0 Å². The number of Topliss-reactive ketones (excluding diaryl/α,β-unsaturated/α-hetero) is 2. The van der Waals surface area contributed by atoms with Gasteiger partial charge in [-0.15, -0.1) is 0 Å². The van der Waals surface area contributed by atoms with Crippen molar-refractivity contribution in [3.63, 3.8) is 0 Å². The van der Waals surface area contributed by atoms with Crippen molar-refractivity contribution in [3.05, 3.63) is 34.3 Å². The first-order chi connectivity index (χ1) is 9.07. The van der Waals surface area contributed by atoms with Crippen LogP contribution in [0.5, 0.6) is 11.5 Å². The molecule has 1 aromatic carbocycles. The Morgan fingerprint density at radius 3 is 1.75 bits per heavy atom. The number of benzene rings is 1. The van der Waals surface area contributed by atoms with Gasteiger partial charge in [0.25, 0.3) is 0 Å². The van der Waals surface area contributed by atoms with E-state index in [0.29, 0.717) is 0 Å². The quantitative estimate of drug-likeness (QED) is 0.540. The van der Waals surface area contributed by atoms with E-state index in [2.05, 4.69) is 0 Å². The molecule has 2 rings (SSSR count). The average Bonchev–Trinajstić information content (AvgIpc) is 2.34. The van der Waals surface area contributed by atoms with Gasteiger partial charge in [0, 0.05) is 5.56 Å². The van der Waals surface area contributed by atoms with Crippen molar-refractivity contribution in [3.8, 4) is 11.5 Å². The summed E-state index contributed by atoms with van der Waals surface area (Å²) in [5.41, 5.74) is -1.34. The fourth-order valence-electron chi connectivity index (χ4n) is 2.13. The molecule has 0 unspecified atom stereocenters. The fraction of sp³-hybridized carbons (Fsp3) is 0.286. The summed E-state index contributed by atoms with van der Waals surface area (Å²) < 4.78 is 0. The highest BCUT2D eigenvalue weighted by Crippen LogP contribution is 2.42. The van der Waals surface area contributed by atoms with Gasteiger partial charge in [-0.1, -0.05) is 20.8 Å². The molecule has 1 aliphatic rings. The zero-order valence-corrected chi connectivity index (χ0v) is 11.2. The molecule has 0 bridgehead atoms. The molecule has 0 spiro atoms.